The van der Waals surface area contributed by atoms with E-state index in [1.807, 2.05) is 13.8 Å². The summed E-state index contributed by atoms with van der Waals surface area (Å²) in [7, 11) is 0. The highest BCUT2D eigenvalue weighted by molar-refractivity contribution is 5.82. The first-order valence-corrected chi connectivity index (χ1v) is 4.26. The molecular formula is C8H17N3O2. The zero-order valence-corrected chi connectivity index (χ0v) is 8.04. The Morgan fingerprint density at radius 3 is 2.31 bits per heavy atom. The van der Waals surface area contributed by atoms with Crippen molar-refractivity contribution in [2.24, 2.45) is 17.4 Å². The van der Waals surface area contributed by atoms with Crippen LogP contribution >= 0.6 is 0 Å². The van der Waals surface area contributed by atoms with Gasteiger partial charge in [0.2, 0.25) is 11.8 Å². The molecular weight excluding hydrogens is 170 g/mol. The molecule has 0 aliphatic carbocycles. The van der Waals surface area contributed by atoms with Gasteiger partial charge in [-0.25, -0.2) is 0 Å². The van der Waals surface area contributed by atoms with Crippen molar-refractivity contribution in [3.8, 4) is 0 Å². The van der Waals surface area contributed by atoms with Gasteiger partial charge in [-0.3, -0.25) is 9.59 Å². The van der Waals surface area contributed by atoms with Crippen LogP contribution in [0.15, 0.2) is 0 Å². The van der Waals surface area contributed by atoms with Crippen molar-refractivity contribution in [2.45, 2.75) is 26.3 Å². The lowest BCUT2D eigenvalue weighted by molar-refractivity contribution is -0.123. The fraction of sp³-hybridized carbons (Fsp3) is 0.750. The predicted molar refractivity (Wildman–Crippen MR) is 49.6 cm³/mol. The molecule has 13 heavy (non-hydrogen) atoms. The van der Waals surface area contributed by atoms with E-state index in [1.165, 1.54) is 0 Å². The number of carbonyl (C=O) groups excluding carboxylic acids is 2. The monoisotopic (exact) mass is 187 g/mol. The van der Waals surface area contributed by atoms with Crippen molar-refractivity contribution in [2.75, 3.05) is 6.54 Å². The summed E-state index contributed by atoms with van der Waals surface area (Å²) < 4.78 is 0. The standard InChI is InChI=1S/C8H17N3O2/c1-5(2)7(10)8(13)11-4-3-6(9)12/h5,7H,3-4,10H2,1-2H3,(H2,9,12)(H,11,13)/t7-/m1/s1. The fourth-order valence-electron chi connectivity index (χ4n) is 0.730. The molecule has 2 amide bonds. The third-order valence-electron chi connectivity index (χ3n) is 1.69. The average Bonchev–Trinajstić information content (AvgIpc) is 2.02. The molecule has 5 nitrogen and oxygen atoms in total. The van der Waals surface area contributed by atoms with Crippen molar-refractivity contribution in [3.63, 3.8) is 0 Å². The van der Waals surface area contributed by atoms with Crippen molar-refractivity contribution >= 4 is 11.8 Å². The first-order valence-electron chi connectivity index (χ1n) is 4.26. The van der Waals surface area contributed by atoms with Gasteiger partial charge in [-0.15, -0.1) is 0 Å². The van der Waals surface area contributed by atoms with Crippen LogP contribution in [0.1, 0.15) is 20.3 Å². The Labute approximate surface area is 77.8 Å². The molecule has 0 saturated heterocycles. The van der Waals surface area contributed by atoms with Crippen LogP contribution in [0.25, 0.3) is 0 Å². The Morgan fingerprint density at radius 2 is 1.92 bits per heavy atom. The van der Waals surface area contributed by atoms with E-state index in [9.17, 15) is 9.59 Å². The average molecular weight is 187 g/mol. The maximum atomic E-state index is 11.2. The fourth-order valence-corrected chi connectivity index (χ4v) is 0.730. The summed E-state index contributed by atoms with van der Waals surface area (Å²) in [6.07, 6.45) is 0.149. The molecule has 0 heterocycles. The summed E-state index contributed by atoms with van der Waals surface area (Å²) >= 11 is 0. The molecule has 0 aliphatic rings. The van der Waals surface area contributed by atoms with E-state index >= 15 is 0 Å². The molecule has 0 saturated carbocycles. The Kier molecular flexibility index (Phi) is 5.06. The second-order valence-corrected chi connectivity index (χ2v) is 3.28. The minimum atomic E-state index is -0.520. The van der Waals surface area contributed by atoms with E-state index in [2.05, 4.69) is 5.32 Å². The van der Waals surface area contributed by atoms with E-state index in [0.29, 0.717) is 0 Å². The number of hydrogen-bond donors (Lipinski definition) is 3. The minimum Gasteiger partial charge on any atom is -0.370 e. The molecule has 0 aromatic rings. The van der Waals surface area contributed by atoms with Crippen LogP contribution in [0.4, 0.5) is 0 Å². The van der Waals surface area contributed by atoms with E-state index in [4.69, 9.17) is 11.5 Å². The van der Waals surface area contributed by atoms with Crippen LogP contribution in [0, 0.1) is 5.92 Å². The summed E-state index contributed by atoms with van der Waals surface area (Å²) in [4.78, 5) is 21.5. The lowest BCUT2D eigenvalue weighted by Gasteiger charge is -2.14. The van der Waals surface area contributed by atoms with Crippen LogP contribution in [0.5, 0.6) is 0 Å². The number of amides is 2. The summed E-state index contributed by atoms with van der Waals surface area (Å²) in [5, 5.41) is 2.53. The molecule has 76 valence electrons. The molecule has 0 unspecified atom stereocenters. The van der Waals surface area contributed by atoms with Crippen molar-refractivity contribution < 1.29 is 9.59 Å². The number of carbonyl (C=O) groups is 2. The Hall–Kier alpha value is -1.10. The molecule has 0 spiro atoms. The first-order chi connectivity index (χ1) is 5.95. The second-order valence-electron chi connectivity index (χ2n) is 3.28. The van der Waals surface area contributed by atoms with Crippen molar-refractivity contribution in [1.82, 2.24) is 5.32 Å². The lowest BCUT2D eigenvalue weighted by Crippen LogP contribution is -2.44. The quantitative estimate of drug-likeness (QED) is 0.512. The topological polar surface area (TPSA) is 98.2 Å². The second kappa shape index (κ2) is 5.53. The minimum absolute atomic E-state index is 0.0913. The molecule has 0 fully saturated rings. The lowest BCUT2D eigenvalue weighted by atomic mass is 10.1. The van der Waals surface area contributed by atoms with Crippen molar-refractivity contribution in [3.05, 3.63) is 0 Å². The van der Waals surface area contributed by atoms with E-state index in [0.717, 1.165) is 0 Å². The largest absolute Gasteiger partial charge is 0.370 e. The smallest absolute Gasteiger partial charge is 0.237 e. The van der Waals surface area contributed by atoms with Gasteiger partial charge in [0, 0.05) is 13.0 Å². The maximum absolute atomic E-state index is 11.2. The highest BCUT2D eigenvalue weighted by atomic mass is 16.2. The molecule has 0 aliphatic heterocycles. The summed E-state index contributed by atoms with van der Waals surface area (Å²) in [6, 6.07) is -0.520. The number of primary amides is 1. The van der Waals surface area contributed by atoms with E-state index < -0.39 is 11.9 Å². The molecule has 0 radical (unpaired) electrons. The number of hydrogen-bond acceptors (Lipinski definition) is 3. The molecule has 0 aromatic carbocycles. The number of nitrogens with two attached hydrogens (primary N) is 2. The Balaban J connectivity index is 3.68. The summed E-state index contributed by atoms with van der Waals surface area (Å²) in [5.74, 6) is -0.580. The van der Waals surface area contributed by atoms with Gasteiger partial charge in [-0.1, -0.05) is 13.8 Å². The number of rotatable bonds is 5. The highest BCUT2D eigenvalue weighted by Crippen LogP contribution is 1.97. The number of nitrogens with one attached hydrogen (secondary N) is 1. The first kappa shape index (κ1) is 11.9. The molecule has 5 N–H and O–H groups in total. The Morgan fingerprint density at radius 1 is 1.38 bits per heavy atom. The highest BCUT2D eigenvalue weighted by Gasteiger charge is 2.16. The van der Waals surface area contributed by atoms with Crippen LogP contribution in [-0.4, -0.2) is 24.4 Å². The van der Waals surface area contributed by atoms with Gasteiger partial charge in [0.25, 0.3) is 0 Å². The molecule has 5 heteroatoms. The molecule has 0 aromatic heterocycles. The van der Waals surface area contributed by atoms with Crippen LogP contribution in [0.3, 0.4) is 0 Å². The van der Waals surface area contributed by atoms with Gasteiger partial charge in [0.05, 0.1) is 6.04 Å². The zero-order chi connectivity index (χ0) is 10.4. The van der Waals surface area contributed by atoms with E-state index in [-0.39, 0.29) is 24.8 Å². The normalized spacial score (nSPS) is 12.6. The van der Waals surface area contributed by atoms with Crippen LogP contribution in [0.2, 0.25) is 0 Å². The van der Waals surface area contributed by atoms with Gasteiger partial charge in [-0.05, 0) is 5.92 Å². The Bertz CT molecular complexity index is 192. The van der Waals surface area contributed by atoms with Gasteiger partial charge >= 0.3 is 0 Å². The van der Waals surface area contributed by atoms with Gasteiger partial charge in [0.1, 0.15) is 0 Å². The zero-order valence-electron chi connectivity index (χ0n) is 8.04. The van der Waals surface area contributed by atoms with Gasteiger partial charge in [0.15, 0.2) is 0 Å². The van der Waals surface area contributed by atoms with Gasteiger partial charge < -0.3 is 16.8 Å². The molecule has 0 bridgehead atoms. The summed E-state index contributed by atoms with van der Waals surface area (Å²) in [5.41, 5.74) is 10.4. The third-order valence-corrected chi connectivity index (χ3v) is 1.69. The molecule has 0 rings (SSSR count). The van der Waals surface area contributed by atoms with Crippen LogP contribution in [-0.2, 0) is 9.59 Å². The molecule has 1 atom stereocenters. The van der Waals surface area contributed by atoms with Crippen LogP contribution < -0.4 is 16.8 Å². The van der Waals surface area contributed by atoms with Gasteiger partial charge in [-0.2, -0.15) is 0 Å². The maximum Gasteiger partial charge on any atom is 0.237 e. The summed E-state index contributed by atoms with van der Waals surface area (Å²) in [6.45, 7) is 3.98. The SMILES string of the molecule is CC(C)[C@@H](N)C(=O)NCCC(N)=O. The van der Waals surface area contributed by atoms with Crippen molar-refractivity contribution in [1.29, 1.82) is 0 Å². The third kappa shape index (κ3) is 5.19. The van der Waals surface area contributed by atoms with E-state index in [1.54, 1.807) is 0 Å². The predicted octanol–water partition coefficient (Wildman–Crippen LogP) is -1.04.